The third-order valence-electron chi connectivity index (χ3n) is 1.74. The first-order valence-corrected chi connectivity index (χ1v) is 6.15. The molecular weight excluding hydrogens is 222 g/mol. The van der Waals surface area contributed by atoms with E-state index in [0.717, 1.165) is 6.26 Å². The molecule has 0 unspecified atom stereocenters. The van der Waals surface area contributed by atoms with Gasteiger partial charge < -0.3 is 9.64 Å². The lowest BCUT2D eigenvalue weighted by molar-refractivity contribution is 0.0180. The molecule has 1 heterocycles. The molecule has 0 aliphatic carbocycles. The number of rotatable bonds is 4. The quantitative estimate of drug-likeness (QED) is 0.505. The summed E-state index contributed by atoms with van der Waals surface area (Å²) in [5, 5.41) is 0. The molecule has 0 aromatic heterocycles. The van der Waals surface area contributed by atoms with Gasteiger partial charge in [-0.05, 0) is 0 Å². The molecule has 6 nitrogen and oxygen atoms in total. The van der Waals surface area contributed by atoms with E-state index in [0.29, 0.717) is 0 Å². The Morgan fingerprint density at radius 1 is 1.60 bits per heavy atom. The average Bonchev–Trinajstić information content (AvgIpc) is 2.05. The van der Waals surface area contributed by atoms with Gasteiger partial charge in [-0.3, -0.25) is 4.18 Å². The molecule has 15 heavy (non-hydrogen) atoms. The summed E-state index contributed by atoms with van der Waals surface area (Å²) in [5.41, 5.74) is 0. The Morgan fingerprint density at radius 2 is 2.20 bits per heavy atom. The second kappa shape index (κ2) is 4.63. The highest BCUT2D eigenvalue weighted by atomic mass is 32.2. The third-order valence-corrected chi connectivity index (χ3v) is 2.36. The molecule has 7 heteroatoms. The summed E-state index contributed by atoms with van der Waals surface area (Å²) in [4.78, 5) is 12.5. The Balaban J connectivity index is 2.25. The zero-order valence-electron chi connectivity index (χ0n) is 8.38. The van der Waals surface area contributed by atoms with Crippen LogP contribution in [0.5, 0.6) is 0 Å². The van der Waals surface area contributed by atoms with Crippen LogP contribution in [0.1, 0.15) is 0 Å². The molecule has 1 aliphatic heterocycles. The van der Waals surface area contributed by atoms with E-state index in [9.17, 15) is 13.2 Å². The standard InChI is InChI=1S/C8H13NO5S/c1-3-4-13-8(10)9-5-7(6-9)14-15(2,11)12/h3,7H,1,4-6H2,2H3. The fourth-order valence-electron chi connectivity index (χ4n) is 1.12. The maximum atomic E-state index is 11.1. The van der Waals surface area contributed by atoms with E-state index in [1.807, 2.05) is 0 Å². The number of carbonyl (C=O) groups is 1. The van der Waals surface area contributed by atoms with Gasteiger partial charge in [-0.15, -0.1) is 0 Å². The van der Waals surface area contributed by atoms with Crippen molar-refractivity contribution in [3.05, 3.63) is 12.7 Å². The molecular formula is C8H13NO5S. The van der Waals surface area contributed by atoms with Gasteiger partial charge in [0.05, 0.1) is 19.3 Å². The minimum Gasteiger partial charge on any atom is -0.445 e. The van der Waals surface area contributed by atoms with Crippen molar-refractivity contribution in [1.29, 1.82) is 0 Å². The topological polar surface area (TPSA) is 72.9 Å². The first-order chi connectivity index (χ1) is 6.92. The predicted octanol–water partition coefficient (Wildman–Crippen LogP) is -0.0306. The average molecular weight is 235 g/mol. The highest BCUT2D eigenvalue weighted by Crippen LogP contribution is 2.14. The number of carbonyl (C=O) groups excluding carboxylic acids is 1. The van der Waals surface area contributed by atoms with E-state index in [1.165, 1.54) is 11.0 Å². The van der Waals surface area contributed by atoms with E-state index in [2.05, 4.69) is 10.8 Å². The van der Waals surface area contributed by atoms with Gasteiger partial charge in [-0.2, -0.15) is 8.42 Å². The number of nitrogens with zero attached hydrogens (tertiary/aromatic N) is 1. The van der Waals surface area contributed by atoms with Crippen molar-refractivity contribution in [3.8, 4) is 0 Å². The van der Waals surface area contributed by atoms with Crippen molar-refractivity contribution in [2.75, 3.05) is 26.0 Å². The molecule has 1 amide bonds. The molecule has 0 spiro atoms. The van der Waals surface area contributed by atoms with E-state index in [-0.39, 0.29) is 19.7 Å². The molecule has 1 fully saturated rings. The first-order valence-electron chi connectivity index (χ1n) is 4.33. The molecule has 0 radical (unpaired) electrons. The molecule has 0 bridgehead atoms. The molecule has 1 saturated heterocycles. The molecule has 1 rings (SSSR count). The predicted molar refractivity (Wildman–Crippen MR) is 52.8 cm³/mol. The molecule has 1 aliphatic rings. The van der Waals surface area contributed by atoms with Crippen molar-refractivity contribution >= 4 is 16.2 Å². The van der Waals surface area contributed by atoms with E-state index < -0.39 is 22.3 Å². The summed E-state index contributed by atoms with van der Waals surface area (Å²) in [6, 6.07) is 0. The van der Waals surface area contributed by atoms with Gasteiger partial charge in [0.2, 0.25) is 0 Å². The number of hydrogen-bond acceptors (Lipinski definition) is 5. The Labute approximate surface area is 88.6 Å². The van der Waals surface area contributed by atoms with Crippen LogP contribution in [-0.4, -0.2) is 51.5 Å². The Bertz CT molecular complexity index is 344. The first kappa shape index (κ1) is 12.0. The lowest BCUT2D eigenvalue weighted by atomic mass is 10.2. The van der Waals surface area contributed by atoms with Crippen LogP contribution < -0.4 is 0 Å². The van der Waals surface area contributed by atoms with Crippen molar-refractivity contribution in [1.82, 2.24) is 4.90 Å². The lowest BCUT2D eigenvalue weighted by Crippen LogP contribution is -2.55. The highest BCUT2D eigenvalue weighted by Gasteiger charge is 2.34. The van der Waals surface area contributed by atoms with Crippen LogP contribution in [-0.2, 0) is 19.0 Å². The van der Waals surface area contributed by atoms with Crippen LogP contribution in [0.2, 0.25) is 0 Å². The van der Waals surface area contributed by atoms with Crippen molar-refractivity contribution in [2.45, 2.75) is 6.10 Å². The maximum absolute atomic E-state index is 11.1. The Kier molecular flexibility index (Phi) is 3.70. The third kappa shape index (κ3) is 3.88. The zero-order chi connectivity index (χ0) is 11.5. The number of likely N-dealkylation sites (tertiary alicyclic amines) is 1. The summed E-state index contributed by atoms with van der Waals surface area (Å²) in [7, 11) is -3.45. The van der Waals surface area contributed by atoms with Crippen LogP contribution >= 0.6 is 0 Å². The van der Waals surface area contributed by atoms with Crippen molar-refractivity contribution < 1.29 is 22.1 Å². The summed E-state index contributed by atoms with van der Waals surface area (Å²) < 4.78 is 30.8. The Morgan fingerprint density at radius 3 is 2.67 bits per heavy atom. The summed E-state index contributed by atoms with van der Waals surface area (Å²) in [6.07, 6.45) is 1.51. The smallest absolute Gasteiger partial charge is 0.410 e. The fraction of sp³-hybridized carbons (Fsp3) is 0.625. The second-order valence-electron chi connectivity index (χ2n) is 3.19. The summed E-state index contributed by atoms with van der Waals surface area (Å²) in [5.74, 6) is 0. The minimum atomic E-state index is -3.45. The SMILES string of the molecule is C=CCOC(=O)N1CC(OS(C)(=O)=O)C1. The number of hydrogen-bond donors (Lipinski definition) is 0. The normalized spacial score (nSPS) is 17.0. The molecule has 0 atom stereocenters. The monoisotopic (exact) mass is 235 g/mol. The van der Waals surface area contributed by atoms with Gasteiger partial charge in [0, 0.05) is 0 Å². The van der Waals surface area contributed by atoms with E-state index >= 15 is 0 Å². The lowest BCUT2D eigenvalue weighted by Gasteiger charge is -2.36. The van der Waals surface area contributed by atoms with Crippen LogP contribution in [0.3, 0.4) is 0 Å². The number of ether oxygens (including phenoxy) is 1. The zero-order valence-corrected chi connectivity index (χ0v) is 9.20. The molecule has 0 saturated carbocycles. The molecule has 0 N–H and O–H groups in total. The van der Waals surface area contributed by atoms with Gasteiger partial charge in [-0.25, -0.2) is 4.79 Å². The van der Waals surface area contributed by atoms with Gasteiger partial charge >= 0.3 is 6.09 Å². The van der Waals surface area contributed by atoms with Crippen LogP contribution in [0.15, 0.2) is 12.7 Å². The van der Waals surface area contributed by atoms with Crippen LogP contribution in [0.25, 0.3) is 0 Å². The van der Waals surface area contributed by atoms with Gasteiger partial charge in [0.15, 0.2) is 0 Å². The van der Waals surface area contributed by atoms with Crippen molar-refractivity contribution in [2.24, 2.45) is 0 Å². The van der Waals surface area contributed by atoms with Crippen molar-refractivity contribution in [3.63, 3.8) is 0 Å². The Hall–Kier alpha value is -1.08. The summed E-state index contributed by atoms with van der Waals surface area (Å²) >= 11 is 0. The van der Waals surface area contributed by atoms with E-state index in [4.69, 9.17) is 4.74 Å². The largest absolute Gasteiger partial charge is 0.445 e. The van der Waals surface area contributed by atoms with Gasteiger partial charge in [0.1, 0.15) is 12.7 Å². The van der Waals surface area contributed by atoms with Gasteiger partial charge in [-0.1, -0.05) is 12.7 Å². The molecule has 0 aromatic rings. The number of amides is 1. The fourth-order valence-corrected chi connectivity index (χ4v) is 1.73. The minimum absolute atomic E-state index is 0.146. The highest BCUT2D eigenvalue weighted by molar-refractivity contribution is 7.86. The van der Waals surface area contributed by atoms with Crippen LogP contribution in [0, 0.1) is 0 Å². The molecule has 0 aromatic carbocycles. The van der Waals surface area contributed by atoms with Crippen LogP contribution in [0.4, 0.5) is 4.79 Å². The molecule has 86 valence electrons. The second-order valence-corrected chi connectivity index (χ2v) is 4.79. The van der Waals surface area contributed by atoms with Gasteiger partial charge in [0.25, 0.3) is 10.1 Å². The summed E-state index contributed by atoms with van der Waals surface area (Å²) in [6.45, 7) is 4.02. The maximum Gasteiger partial charge on any atom is 0.410 e. The van der Waals surface area contributed by atoms with E-state index in [1.54, 1.807) is 0 Å².